The molecule has 0 aromatic carbocycles. The van der Waals surface area contributed by atoms with Crippen molar-refractivity contribution in [2.75, 3.05) is 13.1 Å². The van der Waals surface area contributed by atoms with E-state index >= 15 is 0 Å². The first-order chi connectivity index (χ1) is 6.27. The third-order valence-corrected chi connectivity index (χ3v) is 3.46. The largest absolute Gasteiger partial charge is 0.338 e. The lowest BCUT2D eigenvalue weighted by molar-refractivity contribution is -0.155. The third kappa shape index (κ3) is 1.26. The minimum absolute atomic E-state index is 0.345. The van der Waals surface area contributed by atoms with Crippen molar-refractivity contribution in [3.63, 3.8) is 0 Å². The van der Waals surface area contributed by atoms with Gasteiger partial charge in [0.25, 0.3) is 0 Å². The Hall–Kier alpha value is -0.570. The molecule has 0 aromatic rings. The molecular formula is C10H18N2O. The standard InChI is InChI=1S/C10H18N2O/c1-2-3-12-9(6-11)7-4-8(5-7)10(12)13/h7-9H,2-6,11H2,1H3. The van der Waals surface area contributed by atoms with Crippen LogP contribution in [0.3, 0.4) is 0 Å². The van der Waals surface area contributed by atoms with E-state index in [-0.39, 0.29) is 0 Å². The van der Waals surface area contributed by atoms with Crippen LogP contribution in [-0.2, 0) is 4.79 Å². The summed E-state index contributed by atoms with van der Waals surface area (Å²) in [6.45, 7) is 3.65. The average Bonchev–Trinajstić information content (AvgIpc) is 2.05. The second-order valence-corrected chi connectivity index (χ2v) is 4.26. The van der Waals surface area contributed by atoms with Crippen LogP contribution in [0.1, 0.15) is 26.2 Å². The summed E-state index contributed by atoms with van der Waals surface area (Å²) in [5.41, 5.74) is 5.71. The Bertz CT molecular complexity index is 211. The van der Waals surface area contributed by atoms with Crippen molar-refractivity contribution in [1.82, 2.24) is 4.90 Å². The predicted molar refractivity (Wildman–Crippen MR) is 51.1 cm³/mol. The number of nitrogens with two attached hydrogens (primary N) is 1. The Morgan fingerprint density at radius 1 is 1.54 bits per heavy atom. The van der Waals surface area contributed by atoms with Gasteiger partial charge in [0.15, 0.2) is 0 Å². The SMILES string of the molecule is CCCN1C(=O)C2CC(C2)C1CN. The molecule has 2 aliphatic heterocycles. The lowest BCUT2D eigenvalue weighted by Gasteiger charge is -2.52. The molecule has 2 heterocycles. The van der Waals surface area contributed by atoms with Crippen LogP contribution in [0, 0.1) is 11.8 Å². The quantitative estimate of drug-likeness (QED) is 0.694. The normalized spacial score (nSPS) is 37.5. The van der Waals surface area contributed by atoms with Crippen LogP contribution in [0.2, 0.25) is 0 Å². The fourth-order valence-corrected chi connectivity index (χ4v) is 2.67. The van der Waals surface area contributed by atoms with Crippen molar-refractivity contribution in [3.8, 4) is 0 Å². The second-order valence-electron chi connectivity index (χ2n) is 4.26. The molecule has 3 nitrogen and oxygen atoms in total. The smallest absolute Gasteiger partial charge is 0.226 e. The molecule has 74 valence electrons. The zero-order valence-electron chi connectivity index (χ0n) is 8.20. The van der Waals surface area contributed by atoms with E-state index in [2.05, 4.69) is 6.92 Å². The molecule has 3 fully saturated rings. The number of hydrogen-bond donors (Lipinski definition) is 1. The van der Waals surface area contributed by atoms with Crippen LogP contribution in [0.4, 0.5) is 0 Å². The Balaban J connectivity index is 2.08. The first kappa shape index (κ1) is 9.00. The molecule has 1 saturated carbocycles. The van der Waals surface area contributed by atoms with E-state index in [0.29, 0.717) is 30.3 Å². The first-order valence-electron chi connectivity index (χ1n) is 5.28. The number of nitrogens with zero attached hydrogens (tertiary/aromatic N) is 1. The minimum atomic E-state index is 0.345. The molecule has 1 aliphatic carbocycles. The van der Waals surface area contributed by atoms with E-state index in [1.165, 1.54) is 0 Å². The Morgan fingerprint density at radius 2 is 2.23 bits per heavy atom. The first-order valence-corrected chi connectivity index (χ1v) is 5.28. The van der Waals surface area contributed by atoms with E-state index in [1.54, 1.807) is 0 Å². The molecule has 0 aromatic heterocycles. The van der Waals surface area contributed by atoms with Gasteiger partial charge in [0.05, 0.1) is 0 Å². The summed E-state index contributed by atoms with van der Waals surface area (Å²) >= 11 is 0. The number of hydrogen-bond acceptors (Lipinski definition) is 2. The van der Waals surface area contributed by atoms with Crippen LogP contribution in [0.25, 0.3) is 0 Å². The average molecular weight is 182 g/mol. The molecule has 1 unspecified atom stereocenters. The van der Waals surface area contributed by atoms with Crippen molar-refractivity contribution < 1.29 is 4.79 Å². The van der Waals surface area contributed by atoms with Crippen molar-refractivity contribution in [2.45, 2.75) is 32.2 Å². The summed E-state index contributed by atoms with van der Waals surface area (Å²) in [6, 6.07) is 0.345. The number of piperidine rings is 2. The van der Waals surface area contributed by atoms with Crippen molar-refractivity contribution in [3.05, 3.63) is 0 Å². The maximum atomic E-state index is 11.8. The highest BCUT2D eigenvalue weighted by atomic mass is 16.2. The highest BCUT2D eigenvalue weighted by molar-refractivity contribution is 5.81. The van der Waals surface area contributed by atoms with Gasteiger partial charge in [-0.05, 0) is 25.2 Å². The topological polar surface area (TPSA) is 46.3 Å². The molecular weight excluding hydrogens is 164 g/mol. The summed E-state index contributed by atoms with van der Waals surface area (Å²) < 4.78 is 0. The van der Waals surface area contributed by atoms with Crippen LogP contribution < -0.4 is 5.73 Å². The van der Waals surface area contributed by atoms with Gasteiger partial charge in [-0.1, -0.05) is 6.92 Å². The van der Waals surface area contributed by atoms with Crippen molar-refractivity contribution >= 4 is 5.91 Å². The van der Waals surface area contributed by atoms with Crippen molar-refractivity contribution in [1.29, 1.82) is 0 Å². The molecule has 2 bridgehead atoms. The van der Waals surface area contributed by atoms with Crippen LogP contribution in [-0.4, -0.2) is 29.9 Å². The summed E-state index contributed by atoms with van der Waals surface area (Å²) in [5.74, 6) is 1.42. The molecule has 3 aliphatic rings. The molecule has 0 radical (unpaired) electrons. The summed E-state index contributed by atoms with van der Waals surface area (Å²) in [7, 11) is 0. The van der Waals surface area contributed by atoms with Gasteiger partial charge in [0, 0.05) is 25.0 Å². The fourth-order valence-electron chi connectivity index (χ4n) is 2.67. The molecule has 1 atom stereocenters. The zero-order chi connectivity index (χ0) is 9.42. The molecule has 0 spiro atoms. The Morgan fingerprint density at radius 3 is 2.77 bits per heavy atom. The van der Waals surface area contributed by atoms with Crippen LogP contribution in [0.5, 0.6) is 0 Å². The fraction of sp³-hybridized carbons (Fsp3) is 0.900. The molecule has 3 heteroatoms. The monoisotopic (exact) mass is 182 g/mol. The highest BCUT2D eigenvalue weighted by Gasteiger charge is 2.48. The number of rotatable bonds is 3. The summed E-state index contributed by atoms with van der Waals surface area (Å²) in [5, 5.41) is 0. The van der Waals surface area contributed by atoms with Gasteiger partial charge in [0.1, 0.15) is 0 Å². The Labute approximate surface area is 79.3 Å². The van der Waals surface area contributed by atoms with Gasteiger partial charge >= 0.3 is 0 Å². The minimum Gasteiger partial charge on any atom is -0.338 e. The van der Waals surface area contributed by atoms with Gasteiger partial charge < -0.3 is 10.6 Å². The number of carbonyl (C=O) groups is 1. The van der Waals surface area contributed by atoms with Gasteiger partial charge in [0.2, 0.25) is 5.91 Å². The number of amides is 1. The van der Waals surface area contributed by atoms with Gasteiger partial charge in [-0.15, -0.1) is 0 Å². The molecule has 2 saturated heterocycles. The molecule has 2 N–H and O–H groups in total. The highest BCUT2D eigenvalue weighted by Crippen LogP contribution is 2.44. The van der Waals surface area contributed by atoms with Crippen molar-refractivity contribution in [2.24, 2.45) is 17.6 Å². The third-order valence-electron chi connectivity index (χ3n) is 3.46. The molecule has 1 amide bonds. The number of carbonyl (C=O) groups excluding carboxylic acids is 1. The van der Waals surface area contributed by atoms with Gasteiger partial charge in [-0.3, -0.25) is 4.79 Å². The van der Waals surface area contributed by atoms with Crippen LogP contribution >= 0.6 is 0 Å². The van der Waals surface area contributed by atoms with E-state index in [1.807, 2.05) is 4.90 Å². The van der Waals surface area contributed by atoms with Crippen LogP contribution in [0.15, 0.2) is 0 Å². The lowest BCUT2D eigenvalue weighted by atomic mass is 9.66. The lowest BCUT2D eigenvalue weighted by Crippen LogP contribution is -2.61. The van der Waals surface area contributed by atoms with Gasteiger partial charge in [-0.25, -0.2) is 0 Å². The summed E-state index contributed by atoms with van der Waals surface area (Å²) in [4.78, 5) is 13.8. The van der Waals surface area contributed by atoms with Gasteiger partial charge in [-0.2, -0.15) is 0 Å². The maximum absolute atomic E-state index is 11.8. The van der Waals surface area contributed by atoms with E-state index in [9.17, 15) is 4.79 Å². The molecule has 3 rings (SSSR count). The number of fused-ring (bicyclic) bond motifs is 2. The van der Waals surface area contributed by atoms with E-state index < -0.39 is 0 Å². The maximum Gasteiger partial charge on any atom is 0.226 e. The van der Waals surface area contributed by atoms with E-state index in [0.717, 1.165) is 25.8 Å². The summed E-state index contributed by atoms with van der Waals surface area (Å²) in [6.07, 6.45) is 3.24. The zero-order valence-corrected chi connectivity index (χ0v) is 8.20. The predicted octanol–water partition coefficient (Wildman–Crippen LogP) is 0.592. The molecule has 13 heavy (non-hydrogen) atoms. The Kier molecular flexibility index (Phi) is 2.28. The van der Waals surface area contributed by atoms with E-state index in [4.69, 9.17) is 5.73 Å². The second kappa shape index (κ2) is 3.29.